The van der Waals surface area contributed by atoms with Crippen LogP contribution >= 0.6 is 0 Å². The number of anilines is 1. The first-order valence-electron chi connectivity index (χ1n) is 12.0. The Morgan fingerprint density at radius 3 is 2.43 bits per heavy atom. The molecule has 0 saturated heterocycles. The second-order valence-electron chi connectivity index (χ2n) is 8.34. The van der Waals surface area contributed by atoms with Gasteiger partial charge in [-0.05, 0) is 69.5 Å². The third kappa shape index (κ3) is 7.65. The quantitative estimate of drug-likeness (QED) is 0.439. The molecule has 1 aliphatic rings. The van der Waals surface area contributed by atoms with E-state index in [2.05, 4.69) is 15.0 Å². The van der Waals surface area contributed by atoms with Gasteiger partial charge in [0, 0.05) is 36.9 Å². The highest BCUT2D eigenvalue weighted by Crippen LogP contribution is 2.33. The van der Waals surface area contributed by atoms with E-state index in [-0.39, 0.29) is 35.9 Å². The van der Waals surface area contributed by atoms with E-state index in [1.54, 1.807) is 48.2 Å². The minimum atomic E-state index is -2.94. The standard InChI is InChI=1S/C26H33F2N3O4/c1-4-30(5-2)25(33)19-8-7-9-20(15-19)29-24(32)17-31(21-11-12-21)16-18-10-13-22(35-26(27)28)23(14-18)34-6-3/h7-10,13-15,21,26H,4-6,11-12,16-17H2,1-3H3,(H,29,32). The summed E-state index contributed by atoms with van der Waals surface area (Å²) in [5.74, 6) is -0.0252. The zero-order valence-electron chi connectivity index (χ0n) is 20.4. The van der Waals surface area contributed by atoms with Crippen molar-refractivity contribution in [1.29, 1.82) is 0 Å². The summed E-state index contributed by atoms with van der Waals surface area (Å²) in [5, 5.41) is 2.89. The lowest BCUT2D eigenvalue weighted by Gasteiger charge is -2.22. The third-order valence-corrected chi connectivity index (χ3v) is 5.76. The normalized spacial score (nSPS) is 13.1. The largest absolute Gasteiger partial charge is 0.490 e. The molecule has 9 heteroatoms. The number of nitrogens with zero attached hydrogens (tertiary/aromatic N) is 2. The van der Waals surface area contributed by atoms with Crippen LogP contribution in [-0.4, -0.2) is 60.5 Å². The van der Waals surface area contributed by atoms with Crippen LogP contribution in [-0.2, 0) is 11.3 Å². The lowest BCUT2D eigenvalue weighted by Crippen LogP contribution is -2.34. The highest BCUT2D eigenvalue weighted by molar-refractivity contribution is 5.97. The van der Waals surface area contributed by atoms with E-state index in [9.17, 15) is 18.4 Å². The SMILES string of the molecule is CCOc1cc(CN(CC(=O)Nc2cccc(C(=O)N(CC)CC)c2)C2CC2)ccc1OC(F)F. The summed E-state index contributed by atoms with van der Waals surface area (Å²) in [6.07, 6.45) is 1.98. The Morgan fingerprint density at radius 2 is 1.80 bits per heavy atom. The van der Waals surface area contributed by atoms with Gasteiger partial charge in [0.15, 0.2) is 11.5 Å². The summed E-state index contributed by atoms with van der Waals surface area (Å²) in [5.41, 5.74) is 1.93. The first-order valence-corrected chi connectivity index (χ1v) is 12.0. The zero-order chi connectivity index (χ0) is 25.4. The molecule has 190 valence electrons. The van der Waals surface area contributed by atoms with Gasteiger partial charge in [-0.3, -0.25) is 14.5 Å². The van der Waals surface area contributed by atoms with E-state index in [1.807, 2.05) is 13.8 Å². The second-order valence-corrected chi connectivity index (χ2v) is 8.34. The molecule has 0 atom stereocenters. The number of halogens is 2. The van der Waals surface area contributed by atoms with Gasteiger partial charge in [0.25, 0.3) is 5.91 Å². The first kappa shape index (κ1) is 26.4. The van der Waals surface area contributed by atoms with Gasteiger partial charge in [0.05, 0.1) is 13.2 Å². The highest BCUT2D eigenvalue weighted by atomic mass is 19.3. The zero-order valence-corrected chi connectivity index (χ0v) is 20.4. The summed E-state index contributed by atoms with van der Waals surface area (Å²) in [6.45, 7) is 4.86. The number of hydrogen-bond acceptors (Lipinski definition) is 5. The lowest BCUT2D eigenvalue weighted by atomic mass is 10.1. The van der Waals surface area contributed by atoms with Crippen molar-refractivity contribution in [2.24, 2.45) is 0 Å². The van der Waals surface area contributed by atoms with Crippen LogP contribution in [0.3, 0.4) is 0 Å². The summed E-state index contributed by atoms with van der Waals surface area (Å²) in [4.78, 5) is 29.2. The maximum atomic E-state index is 12.8. The van der Waals surface area contributed by atoms with E-state index in [0.717, 1.165) is 18.4 Å². The second kappa shape index (κ2) is 12.5. The number of carbonyl (C=O) groups excluding carboxylic acids is 2. The van der Waals surface area contributed by atoms with E-state index in [0.29, 0.717) is 37.5 Å². The van der Waals surface area contributed by atoms with Gasteiger partial charge in [0.2, 0.25) is 5.91 Å². The van der Waals surface area contributed by atoms with Crippen LogP contribution in [0.25, 0.3) is 0 Å². The molecule has 2 amide bonds. The van der Waals surface area contributed by atoms with Gasteiger partial charge >= 0.3 is 6.61 Å². The molecule has 0 unspecified atom stereocenters. The van der Waals surface area contributed by atoms with Crippen LogP contribution in [0.2, 0.25) is 0 Å². The van der Waals surface area contributed by atoms with Crippen molar-refractivity contribution < 1.29 is 27.8 Å². The average molecular weight is 490 g/mol. The Hall–Kier alpha value is -3.20. The van der Waals surface area contributed by atoms with Crippen molar-refractivity contribution >= 4 is 17.5 Å². The summed E-state index contributed by atoms with van der Waals surface area (Å²) in [7, 11) is 0. The van der Waals surface area contributed by atoms with E-state index < -0.39 is 6.61 Å². The Labute approximate surface area is 205 Å². The van der Waals surface area contributed by atoms with Crippen molar-refractivity contribution in [1.82, 2.24) is 9.80 Å². The highest BCUT2D eigenvalue weighted by Gasteiger charge is 2.30. The molecule has 2 aromatic carbocycles. The molecule has 0 aromatic heterocycles. The van der Waals surface area contributed by atoms with E-state index >= 15 is 0 Å². The topological polar surface area (TPSA) is 71.1 Å². The van der Waals surface area contributed by atoms with Crippen molar-refractivity contribution in [2.45, 2.75) is 52.8 Å². The first-order chi connectivity index (χ1) is 16.8. The van der Waals surface area contributed by atoms with Crippen LogP contribution in [0.1, 0.15) is 49.5 Å². The van der Waals surface area contributed by atoms with Gasteiger partial charge < -0.3 is 19.7 Å². The summed E-state index contributed by atoms with van der Waals surface area (Å²) < 4.78 is 35.4. The molecule has 0 bridgehead atoms. The van der Waals surface area contributed by atoms with Gasteiger partial charge in [-0.1, -0.05) is 12.1 Å². The number of carbonyl (C=O) groups is 2. The number of ether oxygens (including phenoxy) is 2. The Morgan fingerprint density at radius 1 is 1.06 bits per heavy atom. The van der Waals surface area contributed by atoms with Gasteiger partial charge in [-0.2, -0.15) is 8.78 Å². The number of benzene rings is 2. The molecule has 0 heterocycles. The number of rotatable bonds is 13. The monoisotopic (exact) mass is 489 g/mol. The van der Waals surface area contributed by atoms with Crippen LogP contribution in [0.4, 0.5) is 14.5 Å². The fraction of sp³-hybridized carbons (Fsp3) is 0.462. The average Bonchev–Trinajstić information content (AvgIpc) is 3.66. The Bertz CT molecular complexity index is 1010. The predicted octanol–water partition coefficient (Wildman–Crippen LogP) is 4.77. The molecule has 1 N–H and O–H groups in total. The minimum Gasteiger partial charge on any atom is -0.490 e. The molecule has 2 aromatic rings. The number of hydrogen-bond donors (Lipinski definition) is 1. The van der Waals surface area contributed by atoms with Crippen molar-refractivity contribution in [3.05, 3.63) is 53.6 Å². The van der Waals surface area contributed by atoms with E-state index in [4.69, 9.17) is 4.74 Å². The fourth-order valence-corrected chi connectivity index (χ4v) is 3.91. The molecule has 1 saturated carbocycles. The molecule has 3 rings (SSSR count). The third-order valence-electron chi connectivity index (χ3n) is 5.76. The molecular formula is C26H33F2N3O4. The van der Waals surface area contributed by atoms with E-state index in [1.165, 1.54) is 6.07 Å². The maximum absolute atomic E-state index is 12.8. The number of nitrogens with one attached hydrogen (secondary N) is 1. The van der Waals surface area contributed by atoms with Crippen molar-refractivity contribution in [3.8, 4) is 11.5 Å². The van der Waals surface area contributed by atoms with Crippen molar-refractivity contribution in [3.63, 3.8) is 0 Å². The van der Waals surface area contributed by atoms with Crippen LogP contribution < -0.4 is 14.8 Å². The van der Waals surface area contributed by atoms with Crippen LogP contribution in [0.15, 0.2) is 42.5 Å². The van der Waals surface area contributed by atoms with Gasteiger partial charge in [0.1, 0.15) is 0 Å². The fourth-order valence-electron chi connectivity index (χ4n) is 3.91. The molecule has 7 nitrogen and oxygen atoms in total. The summed E-state index contributed by atoms with van der Waals surface area (Å²) in [6, 6.07) is 12.1. The molecule has 0 aliphatic heterocycles. The molecular weight excluding hydrogens is 456 g/mol. The molecule has 0 radical (unpaired) electrons. The molecule has 1 aliphatic carbocycles. The number of alkyl halides is 2. The van der Waals surface area contributed by atoms with Crippen molar-refractivity contribution in [2.75, 3.05) is 31.6 Å². The smallest absolute Gasteiger partial charge is 0.387 e. The Balaban J connectivity index is 1.66. The Kier molecular flexibility index (Phi) is 9.42. The minimum absolute atomic E-state index is 0.0135. The van der Waals surface area contributed by atoms with Gasteiger partial charge in [-0.25, -0.2) is 0 Å². The molecule has 35 heavy (non-hydrogen) atoms. The maximum Gasteiger partial charge on any atom is 0.387 e. The molecule has 1 fully saturated rings. The number of amides is 2. The lowest BCUT2D eigenvalue weighted by molar-refractivity contribution is -0.117. The molecule has 0 spiro atoms. The van der Waals surface area contributed by atoms with Crippen LogP contribution in [0, 0.1) is 0 Å². The van der Waals surface area contributed by atoms with Gasteiger partial charge in [-0.15, -0.1) is 0 Å². The van der Waals surface area contributed by atoms with Crippen LogP contribution in [0.5, 0.6) is 11.5 Å². The summed E-state index contributed by atoms with van der Waals surface area (Å²) >= 11 is 0. The predicted molar refractivity (Wildman–Crippen MR) is 130 cm³/mol.